The first-order valence-electron chi connectivity index (χ1n) is 9.81. The molecule has 0 saturated carbocycles. The van der Waals surface area contributed by atoms with Gasteiger partial charge in [-0.1, -0.05) is 37.1 Å². The average Bonchev–Trinajstić information content (AvgIpc) is 2.74. The van der Waals surface area contributed by atoms with E-state index in [1.165, 1.54) is 0 Å². The average molecular weight is 424 g/mol. The van der Waals surface area contributed by atoms with Crippen molar-refractivity contribution in [1.29, 1.82) is 5.26 Å². The summed E-state index contributed by atoms with van der Waals surface area (Å²) in [6.45, 7) is 4.67. The number of nitrogens with one attached hydrogen (secondary N) is 1. The van der Waals surface area contributed by atoms with Gasteiger partial charge in [0.15, 0.2) is 11.5 Å². The Balaban J connectivity index is 2.07. The molecule has 6 nitrogen and oxygen atoms in total. The van der Waals surface area contributed by atoms with Gasteiger partial charge in [0.2, 0.25) is 0 Å². The van der Waals surface area contributed by atoms with Crippen LogP contribution in [-0.2, 0) is 4.79 Å². The van der Waals surface area contributed by atoms with Crippen LogP contribution in [0.3, 0.4) is 0 Å². The maximum absolute atomic E-state index is 12.5. The molecule has 1 unspecified atom stereocenters. The molecule has 1 atom stereocenters. The van der Waals surface area contributed by atoms with Crippen molar-refractivity contribution >= 4 is 24.2 Å². The van der Waals surface area contributed by atoms with Crippen LogP contribution in [0.2, 0.25) is 0 Å². The van der Waals surface area contributed by atoms with Crippen LogP contribution in [0.5, 0.6) is 11.5 Å². The van der Waals surface area contributed by atoms with Crippen LogP contribution in [0.15, 0.2) is 53.1 Å². The van der Waals surface area contributed by atoms with E-state index in [1.807, 2.05) is 60.4 Å². The number of benzene rings is 2. The Morgan fingerprint density at radius 1 is 1.20 bits per heavy atom. The van der Waals surface area contributed by atoms with E-state index < -0.39 is 12.1 Å². The molecule has 7 heteroatoms. The Bertz CT molecular complexity index is 996. The minimum Gasteiger partial charge on any atom is -0.493 e. The number of aryl methyl sites for hydroxylation is 1. The van der Waals surface area contributed by atoms with E-state index in [0.717, 1.165) is 29.7 Å². The van der Waals surface area contributed by atoms with Crippen molar-refractivity contribution in [2.24, 2.45) is 0 Å². The second kappa shape index (κ2) is 9.59. The van der Waals surface area contributed by atoms with E-state index >= 15 is 0 Å². The lowest BCUT2D eigenvalue weighted by Crippen LogP contribution is -2.46. The summed E-state index contributed by atoms with van der Waals surface area (Å²) in [7, 11) is 1.59. The smallest absolute Gasteiger partial charge is 0.266 e. The number of hydrogen-bond donors (Lipinski definition) is 2. The number of hydrogen-bond acceptors (Lipinski definition) is 6. The zero-order valence-electron chi connectivity index (χ0n) is 17.3. The van der Waals surface area contributed by atoms with Crippen molar-refractivity contribution in [1.82, 2.24) is 5.32 Å². The van der Waals surface area contributed by atoms with E-state index in [-0.39, 0.29) is 5.57 Å². The van der Waals surface area contributed by atoms with Gasteiger partial charge in [-0.05, 0) is 43.2 Å². The van der Waals surface area contributed by atoms with Crippen molar-refractivity contribution in [2.45, 2.75) is 32.9 Å². The number of unbranched alkanes of at least 4 members (excludes halogenated alkanes) is 1. The van der Waals surface area contributed by atoms with Gasteiger partial charge in [-0.2, -0.15) is 5.26 Å². The monoisotopic (exact) mass is 423 g/mol. The van der Waals surface area contributed by atoms with Gasteiger partial charge in [-0.25, -0.2) is 0 Å². The SMILES string of the molecule is CCCCOc1cc(C2NC(=O)C(C#N)=C(S)N2c2ccc(C)cc2)ccc1OC. The lowest BCUT2D eigenvalue weighted by molar-refractivity contribution is -0.118. The Morgan fingerprint density at radius 2 is 1.93 bits per heavy atom. The fourth-order valence-electron chi connectivity index (χ4n) is 3.22. The summed E-state index contributed by atoms with van der Waals surface area (Å²) < 4.78 is 11.3. The Labute approximate surface area is 182 Å². The Morgan fingerprint density at radius 3 is 2.57 bits per heavy atom. The number of amides is 1. The van der Waals surface area contributed by atoms with E-state index in [2.05, 4.69) is 24.9 Å². The highest BCUT2D eigenvalue weighted by Crippen LogP contribution is 2.38. The van der Waals surface area contributed by atoms with Gasteiger partial charge in [0, 0.05) is 5.69 Å². The zero-order valence-corrected chi connectivity index (χ0v) is 18.2. The van der Waals surface area contributed by atoms with Gasteiger partial charge in [-0.3, -0.25) is 4.79 Å². The lowest BCUT2D eigenvalue weighted by Gasteiger charge is -2.38. The predicted octanol–water partition coefficient (Wildman–Crippen LogP) is 4.48. The zero-order chi connectivity index (χ0) is 21.7. The maximum Gasteiger partial charge on any atom is 0.266 e. The number of carbonyl (C=O) groups excluding carboxylic acids is 1. The molecule has 0 aromatic heterocycles. The largest absolute Gasteiger partial charge is 0.493 e. The topological polar surface area (TPSA) is 74.6 Å². The molecule has 0 radical (unpaired) electrons. The summed E-state index contributed by atoms with van der Waals surface area (Å²) in [6, 6.07) is 15.3. The molecule has 2 aromatic rings. The molecule has 0 fully saturated rings. The fraction of sp³-hybridized carbons (Fsp3) is 0.304. The van der Waals surface area contributed by atoms with Gasteiger partial charge in [0.25, 0.3) is 5.91 Å². The summed E-state index contributed by atoms with van der Waals surface area (Å²) in [5.74, 6) is 0.774. The van der Waals surface area contributed by atoms with Crippen LogP contribution >= 0.6 is 12.6 Å². The molecule has 3 rings (SSSR count). The number of anilines is 1. The third kappa shape index (κ3) is 4.39. The van der Waals surface area contributed by atoms with Crippen molar-refractivity contribution in [3.05, 3.63) is 64.2 Å². The third-order valence-electron chi connectivity index (χ3n) is 4.89. The van der Waals surface area contributed by atoms with E-state index in [9.17, 15) is 10.1 Å². The molecule has 1 aliphatic rings. The van der Waals surface area contributed by atoms with Crippen LogP contribution in [0.1, 0.15) is 37.1 Å². The predicted molar refractivity (Wildman–Crippen MR) is 120 cm³/mol. The van der Waals surface area contributed by atoms with Crippen molar-refractivity contribution in [2.75, 3.05) is 18.6 Å². The molecule has 1 N–H and O–H groups in total. The number of rotatable bonds is 7. The molecule has 30 heavy (non-hydrogen) atoms. The first-order valence-corrected chi connectivity index (χ1v) is 10.3. The summed E-state index contributed by atoms with van der Waals surface area (Å²) >= 11 is 4.54. The molecule has 0 saturated heterocycles. The number of thiol groups is 1. The molecule has 0 spiro atoms. The fourth-order valence-corrected chi connectivity index (χ4v) is 3.60. The molecular formula is C23H25N3O3S. The van der Waals surface area contributed by atoms with Crippen LogP contribution < -0.4 is 19.7 Å². The standard InChI is InChI=1S/C23H25N3O3S/c1-4-5-12-29-20-13-16(8-11-19(20)28-3)21-25-22(27)18(14-24)23(30)26(21)17-9-6-15(2)7-10-17/h6-11,13,21,30H,4-5,12H2,1-3H3,(H,25,27). The van der Waals surface area contributed by atoms with E-state index in [4.69, 9.17) is 9.47 Å². The summed E-state index contributed by atoms with van der Waals surface area (Å²) in [5.41, 5.74) is 2.69. The molecule has 1 aliphatic heterocycles. The number of nitriles is 1. The summed E-state index contributed by atoms with van der Waals surface area (Å²) in [4.78, 5) is 14.4. The van der Waals surface area contributed by atoms with Gasteiger partial charge in [-0.15, -0.1) is 12.6 Å². The van der Waals surface area contributed by atoms with Crippen LogP contribution in [-0.4, -0.2) is 19.6 Å². The van der Waals surface area contributed by atoms with Crippen LogP contribution in [0, 0.1) is 18.3 Å². The number of carbonyl (C=O) groups is 1. The summed E-state index contributed by atoms with van der Waals surface area (Å²) in [6.07, 6.45) is 1.40. The van der Waals surface area contributed by atoms with Crippen LogP contribution in [0.4, 0.5) is 5.69 Å². The van der Waals surface area contributed by atoms with Gasteiger partial charge >= 0.3 is 0 Å². The maximum atomic E-state index is 12.5. The Hall–Kier alpha value is -3.11. The highest BCUT2D eigenvalue weighted by molar-refractivity contribution is 7.84. The van der Waals surface area contributed by atoms with Gasteiger partial charge < -0.3 is 19.7 Å². The number of ether oxygens (including phenoxy) is 2. The molecule has 156 valence electrons. The normalized spacial score (nSPS) is 16.2. The molecule has 2 aromatic carbocycles. The molecule has 1 amide bonds. The first-order chi connectivity index (χ1) is 14.5. The van der Waals surface area contributed by atoms with Gasteiger partial charge in [0.05, 0.1) is 18.7 Å². The van der Waals surface area contributed by atoms with Crippen molar-refractivity contribution in [3.8, 4) is 17.6 Å². The van der Waals surface area contributed by atoms with E-state index in [0.29, 0.717) is 23.1 Å². The minimum absolute atomic E-state index is 0.0249. The quantitative estimate of drug-likeness (QED) is 0.507. The van der Waals surface area contributed by atoms with Crippen molar-refractivity contribution in [3.63, 3.8) is 0 Å². The molecule has 1 heterocycles. The van der Waals surface area contributed by atoms with E-state index in [1.54, 1.807) is 7.11 Å². The lowest BCUT2D eigenvalue weighted by atomic mass is 10.1. The van der Waals surface area contributed by atoms with Crippen molar-refractivity contribution < 1.29 is 14.3 Å². The number of nitrogens with zero attached hydrogens (tertiary/aromatic N) is 2. The Kier molecular flexibility index (Phi) is 6.91. The molecule has 0 bridgehead atoms. The number of methoxy groups -OCH3 is 1. The molecule has 0 aliphatic carbocycles. The first kappa shape index (κ1) is 21.6. The summed E-state index contributed by atoms with van der Waals surface area (Å²) in [5, 5.41) is 12.7. The minimum atomic E-state index is -0.552. The second-order valence-electron chi connectivity index (χ2n) is 7.00. The third-order valence-corrected chi connectivity index (χ3v) is 5.33. The highest BCUT2D eigenvalue weighted by Gasteiger charge is 2.34. The van der Waals surface area contributed by atoms with Gasteiger partial charge in [0.1, 0.15) is 17.8 Å². The highest BCUT2D eigenvalue weighted by atomic mass is 32.1. The second-order valence-corrected chi connectivity index (χ2v) is 7.43. The molecular weight excluding hydrogens is 398 g/mol. The van der Waals surface area contributed by atoms with Crippen LogP contribution in [0.25, 0.3) is 0 Å².